The molecule has 2 saturated carbocycles. The van der Waals surface area contributed by atoms with Crippen molar-refractivity contribution in [2.75, 3.05) is 0 Å². The Bertz CT molecular complexity index is 365. The van der Waals surface area contributed by atoms with Gasteiger partial charge in [-0.3, -0.25) is 0 Å². The van der Waals surface area contributed by atoms with E-state index in [0.29, 0.717) is 11.8 Å². The second-order valence-electron chi connectivity index (χ2n) is 5.70. The first-order valence-corrected chi connectivity index (χ1v) is 6.34. The van der Waals surface area contributed by atoms with Crippen LogP contribution in [0.2, 0.25) is 0 Å². The molecule has 2 aliphatic carbocycles. The van der Waals surface area contributed by atoms with Crippen LogP contribution in [0.5, 0.6) is 0 Å². The Kier molecular flexibility index (Phi) is 3.19. The van der Waals surface area contributed by atoms with Crippen LogP contribution in [0, 0.1) is 35.0 Å². The van der Waals surface area contributed by atoms with E-state index in [4.69, 9.17) is 5.26 Å². The van der Waals surface area contributed by atoms with E-state index >= 15 is 0 Å². The van der Waals surface area contributed by atoms with E-state index < -0.39 is 0 Å². The van der Waals surface area contributed by atoms with Gasteiger partial charge in [-0.1, -0.05) is 17.2 Å². The maximum atomic E-state index is 8.79. The lowest BCUT2D eigenvalue weighted by Crippen LogP contribution is -2.22. The zero-order valence-electron chi connectivity index (χ0n) is 10.5. The van der Waals surface area contributed by atoms with E-state index in [1.807, 2.05) is 0 Å². The Balaban J connectivity index is 2.25. The lowest BCUT2D eigenvalue weighted by molar-refractivity contribution is 0.303. The normalized spacial score (nSPS) is 37.2. The molecule has 0 spiro atoms. The lowest BCUT2D eigenvalue weighted by Gasteiger charge is -2.30. The van der Waals surface area contributed by atoms with Gasteiger partial charge in [0.05, 0.1) is 6.07 Å². The fraction of sp³-hybridized carbons (Fsp3) is 0.667. The molecule has 0 radical (unpaired) electrons. The van der Waals surface area contributed by atoms with Crippen LogP contribution < -0.4 is 0 Å². The Morgan fingerprint density at radius 2 is 1.88 bits per heavy atom. The quantitative estimate of drug-likeness (QED) is 0.503. The molecule has 1 nitrogen and oxygen atoms in total. The number of nitrogens with zero attached hydrogens (tertiary/aromatic N) is 1. The summed E-state index contributed by atoms with van der Waals surface area (Å²) in [7, 11) is 0. The molecule has 0 N–H and O–H groups in total. The van der Waals surface area contributed by atoms with Crippen LogP contribution in [0.4, 0.5) is 0 Å². The van der Waals surface area contributed by atoms with Crippen LogP contribution in [0.3, 0.4) is 0 Å². The van der Waals surface area contributed by atoms with E-state index in [1.54, 1.807) is 6.08 Å². The van der Waals surface area contributed by atoms with E-state index in [-0.39, 0.29) is 0 Å². The van der Waals surface area contributed by atoms with Gasteiger partial charge in [0.15, 0.2) is 0 Å². The number of rotatable bonds is 2. The number of allylic oxidation sites excluding steroid dienone is 4. The number of hydrogen-bond donors (Lipinski definition) is 0. The third kappa shape index (κ3) is 1.94. The number of hydrogen-bond acceptors (Lipinski definition) is 1. The van der Waals surface area contributed by atoms with Crippen molar-refractivity contribution in [3.05, 3.63) is 23.3 Å². The third-order valence-electron chi connectivity index (χ3n) is 4.32. The molecular formula is C15H21N. The van der Waals surface area contributed by atoms with Crippen LogP contribution in [0.25, 0.3) is 0 Å². The maximum Gasteiger partial charge on any atom is 0.0911 e. The molecule has 4 unspecified atom stereocenters. The van der Waals surface area contributed by atoms with Crippen molar-refractivity contribution in [3.63, 3.8) is 0 Å². The minimum atomic E-state index is 0.647. The van der Waals surface area contributed by atoms with Gasteiger partial charge in [0.2, 0.25) is 0 Å². The van der Waals surface area contributed by atoms with Gasteiger partial charge in [0, 0.05) is 6.08 Å². The van der Waals surface area contributed by atoms with Crippen molar-refractivity contribution in [1.29, 1.82) is 5.26 Å². The minimum Gasteiger partial charge on any atom is -0.193 e. The average molecular weight is 215 g/mol. The molecule has 0 aromatic carbocycles. The highest BCUT2D eigenvalue weighted by molar-refractivity contribution is 5.22. The summed E-state index contributed by atoms with van der Waals surface area (Å²) in [5.74, 6) is 3.07. The van der Waals surface area contributed by atoms with Crippen LogP contribution >= 0.6 is 0 Å². The van der Waals surface area contributed by atoms with E-state index in [9.17, 15) is 0 Å². The van der Waals surface area contributed by atoms with Gasteiger partial charge < -0.3 is 0 Å². The molecule has 86 valence electrons. The SMILES string of the molecule is CC(C)=CC1C2CCC(C2)C1C(C)=CC#N. The highest BCUT2D eigenvalue weighted by atomic mass is 14.5. The molecule has 0 heterocycles. The molecule has 16 heavy (non-hydrogen) atoms. The second-order valence-corrected chi connectivity index (χ2v) is 5.70. The zero-order chi connectivity index (χ0) is 11.7. The number of nitriles is 1. The fourth-order valence-electron chi connectivity index (χ4n) is 3.83. The van der Waals surface area contributed by atoms with Crippen molar-refractivity contribution < 1.29 is 0 Å². The van der Waals surface area contributed by atoms with Crippen LogP contribution in [0.1, 0.15) is 40.0 Å². The highest BCUT2D eigenvalue weighted by Gasteiger charge is 2.46. The fourth-order valence-corrected chi connectivity index (χ4v) is 3.83. The molecular weight excluding hydrogens is 194 g/mol. The Morgan fingerprint density at radius 1 is 1.19 bits per heavy atom. The molecule has 2 aliphatic rings. The summed E-state index contributed by atoms with van der Waals surface area (Å²) in [6, 6.07) is 2.19. The largest absolute Gasteiger partial charge is 0.193 e. The van der Waals surface area contributed by atoms with Gasteiger partial charge in [-0.05, 0) is 63.7 Å². The van der Waals surface area contributed by atoms with E-state index in [0.717, 1.165) is 11.8 Å². The summed E-state index contributed by atoms with van der Waals surface area (Å²) in [5.41, 5.74) is 2.73. The standard InChI is InChI=1S/C15H21N/c1-10(2)8-14-12-4-5-13(9-12)15(14)11(3)6-7-16/h6,8,12-15H,4-5,9H2,1-3H3. The topological polar surface area (TPSA) is 23.8 Å². The second kappa shape index (κ2) is 4.45. The van der Waals surface area contributed by atoms with Crippen LogP contribution in [-0.4, -0.2) is 0 Å². The molecule has 0 aromatic rings. The van der Waals surface area contributed by atoms with Crippen molar-refractivity contribution in [2.45, 2.75) is 40.0 Å². The first-order valence-electron chi connectivity index (χ1n) is 6.34. The van der Waals surface area contributed by atoms with Gasteiger partial charge >= 0.3 is 0 Å². The molecule has 2 fully saturated rings. The number of fused-ring (bicyclic) bond motifs is 2. The van der Waals surface area contributed by atoms with Gasteiger partial charge in [0.1, 0.15) is 0 Å². The van der Waals surface area contributed by atoms with Crippen LogP contribution in [-0.2, 0) is 0 Å². The van der Waals surface area contributed by atoms with Gasteiger partial charge in [-0.15, -0.1) is 0 Å². The molecule has 0 aromatic heterocycles. The van der Waals surface area contributed by atoms with Crippen molar-refractivity contribution in [3.8, 4) is 6.07 Å². The summed E-state index contributed by atoms with van der Waals surface area (Å²) in [6.45, 7) is 6.51. The molecule has 0 amide bonds. The molecule has 0 saturated heterocycles. The predicted molar refractivity (Wildman–Crippen MR) is 66.6 cm³/mol. The monoisotopic (exact) mass is 215 g/mol. The summed E-state index contributed by atoms with van der Waals surface area (Å²) in [5, 5.41) is 8.79. The van der Waals surface area contributed by atoms with Gasteiger partial charge in [-0.25, -0.2) is 0 Å². The van der Waals surface area contributed by atoms with E-state index in [2.05, 4.69) is 32.9 Å². The van der Waals surface area contributed by atoms with Gasteiger partial charge in [-0.2, -0.15) is 5.26 Å². The Hall–Kier alpha value is -1.03. The first-order chi connectivity index (χ1) is 7.63. The Morgan fingerprint density at radius 3 is 2.50 bits per heavy atom. The third-order valence-corrected chi connectivity index (χ3v) is 4.32. The zero-order valence-corrected chi connectivity index (χ0v) is 10.5. The molecule has 2 rings (SSSR count). The van der Waals surface area contributed by atoms with Crippen molar-refractivity contribution in [1.82, 2.24) is 0 Å². The van der Waals surface area contributed by atoms with Crippen LogP contribution in [0.15, 0.2) is 23.3 Å². The van der Waals surface area contributed by atoms with E-state index in [1.165, 1.54) is 30.4 Å². The van der Waals surface area contributed by atoms with Gasteiger partial charge in [0.25, 0.3) is 0 Å². The predicted octanol–water partition coefficient (Wildman–Crippen LogP) is 4.08. The lowest BCUT2D eigenvalue weighted by atomic mass is 9.75. The minimum absolute atomic E-state index is 0.647. The van der Waals surface area contributed by atoms with Crippen molar-refractivity contribution >= 4 is 0 Å². The summed E-state index contributed by atoms with van der Waals surface area (Å²) >= 11 is 0. The summed E-state index contributed by atoms with van der Waals surface area (Å²) in [4.78, 5) is 0. The summed E-state index contributed by atoms with van der Waals surface area (Å²) < 4.78 is 0. The first kappa shape index (κ1) is 11.5. The smallest absolute Gasteiger partial charge is 0.0911 e. The molecule has 1 heteroatoms. The highest BCUT2D eigenvalue weighted by Crippen LogP contribution is 2.55. The Labute approximate surface area is 98.9 Å². The molecule has 2 bridgehead atoms. The maximum absolute atomic E-state index is 8.79. The average Bonchev–Trinajstić information content (AvgIpc) is 2.77. The molecule has 0 aliphatic heterocycles. The summed E-state index contributed by atoms with van der Waals surface area (Å²) in [6.07, 6.45) is 8.37. The van der Waals surface area contributed by atoms with Crippen molar-refractivity contribution in [2.24, 2.45) is 23.7 Å². The molecule has 4 atom stereocenters.